The lowest BCUT2D eigenvalue weighted by Gasteiger charge is -2.29. The van der Waals surface area contributed by atoms with Crippen LogP contribution in [0.4, 0.5) is 4.39 Å². The van der Waals surface area contributed by atoms with Crippen molar-refractivity contribution in [2.75, 3.05) is 26.7 Å². The first kappa shape index (κ1) is 31.0. The van der Waals surface area contributed by atoms with Gasteiger partial charge < -0.3 is 26.0 Å². The summed E-state index contributed by atoms with van der Waals surface area (Å²) in [6.07, 6.45) is 1.60. The van der Waals surface area contributed by atoms with Crippen molar-refractivity contribution in [3.8, 4) is 5.75 Å². The van der Waals surface area contributed by atoms with Crippen LogP contribution in [-0.4, -0.2) is 68.6 Å². The largest absolute Gasteiger partial charge is 0.492 e. The molecular weight excluding hydrogens is 513 g/mol. The second kappa shape index (κ2) is 15.3. The topological polar surface area (TPSA) is 121 Å². The molecule has 3 amide bonds. The van der Waals surface area contributed by atoms with Crippen molar-refractivity contribution in [2.24, 2.45) is 5.92 Å². The second-order valence-electron chi connectivity index (χ2n) is 10.6. The van der Waals surface area contributed by atoms with E-state index in [4.69, 9.17) is 4.74 Å². The average molecular weight is 556 g/mol. The van der Waals surface area contributed by atoms with Gasteiger partial charge in [-0.3, -0.25) is 19.7 Å². The standard InChI is InChI=1S/C30H42FN5O4/c1-19(2)27-30(39)35-25(17-32-4)28(37)33-14-8-11-22-10-5-6-13-26(22)40-18-20(3)34-24(29(38)36-27)16-21-9-7-12-23(31)15-21/h5-7,9-10,12-13,15,19-20,24-25,27,32,34H,8,11,14,16-18H2,1-4H3,(H,33,37)(H,35,39)(H,36,38)/t20-,24+,25-,27+/m0/s1. The summed E-state index contributed by atoms with van der Waals surface area (Å²) >= 11 is 0. The van der Waals surface area contributed by atoms with Gasteiger partial charge >= 0.3 is 0 Å². The Bertz CT molecular complexity index is 1140. The van der Waals surface area contributed by atoms with Crippen LogP contribution in [-0.2, 0) is 27.2 Å². The van der Waals surface area contributed by atoms with Crippen LogP contribution in [0.15, 0.2) is 48.5 Å². The molecule has 5 N–H and O–H groups in total. The summed E-state index contributed by atoms with van der Waals surface area (Å²) in [5.74, 6) is -1.05. The molecule has 1 heterocycles. The molecule has 40 heavy (non-hydrogen) atoms. The van der Waals surface area contributed by atoms with E-state index >= 15 is 0 Å². The lowest BCUT2D eigenvalue weighted by atomic mass is 10.00. The summed E-state index contributed by atoms with van der Waals surface area (Å²) < 4.78 is 20.1. The molecule has 0 saturated heterocycles. The number of nitrogens with one attached hydrogen (secondary N) is 5. The quantitative estimate of drug-likeness (QED) is 0.383. The van der Waals surface area contributed by atoms with Crippen molar-refractivity contribution >= 4 is 17.7 Å². The van der Waals surface area contributed by atoms with Crippen LogP contribution >= 0.6 is 0 Å². The number of hydrogen-bond donors (Lipinski definition) is 5. The number of aryl methyl sites for hydroxylation is 1. The predicted octanol–water partition coefficient (Wildman–Crippen LogP) is 1.70. The summed E-state index contributed by atoms with van der Waals surface area (Å²) in [5, 5.41) is 14.8. The Labute approximate surface area is 236 Å². The fraction of sp³-hybridized carbons (Fsp3) is 0.500. The molecule has 9 nitrogen and oxygen atoms in total. The molecule has 0 aliphatic carbocycles. The number of halogens is 1. The van der Waals surface area contributed by atoms with Gasteiger partial charge in [0.25, 0.3) is 0 Å². The van der Waals surface area contributed by atoms with E-state index in [-0.39, 0.29) is 36.6 Å². The van der Waals surface area contributed by atoms with Crippen LogP contribution in [0.3, 0.4) is 0 Å². The Morgan fingerprint density at radius 1 is 1.00 bits per heavy atom. The third kappa shape index (κ3) is 9.31. The molecule has 2 aromatic carbocycles. The summed E-state index contributed by atoms with van der Waals surface area (Å²) in [5.41, 5.74) is 1.66. The zero-order valence-corrected chi connectivity index (χ0v) is 23.8. The molecule has 4 atom stereocenters. The number of carbonyl (C=O) groups is 3. The van der Waals surface area contributed by atoms with Gasteiger partial charge in [0.2, 0.25) is 17.7 Å². The van der Waals surface area contributed by atoms with Gasteiger partial charge in [0, 0.05) is 19.1 Å². The Kier molecular flexibility index (Phi) is 11.9. The van der Waals surface area contributed by atoms with Crippen molar-refractivity contribution in [3.05, 3.63) is 65.5 Å². The third-order valence-corrected chi connectivity index (χ3v) is 6.80. The molecule has 218 valence electrons. The van der Waals surface area contributed by atoms with Crippen LogP contribution < -0.4 is 31.3 Å². The fourth-order valence-corrected chi connectivity index (χ4v) is 4.66. The fourth-order valence-electron chi connectivity index (χ4n) is 4.66. The van der Waals surface area contributed by atoms with E-state index in [1.54, 1.807) is 19.2 Å². The summed E-state index contributed by atoms with van der Waals surface area (Å²) in [7, 11) is 1.70. The minimum Gasteiger partial charge on any atom is -0.492 e. The Balaban J connectivity index is 1.90. The van der Waals surface area contributed by atoms with E-state index in [1.165, 1.54) is 12.1 Å². The number of carbonyl (C=O) groups excluding carboxylic acids is 3. The first-order chi connectivity index (χ1) is 19.2. The van der Waals surface area contributed by atoms with Crippen molar-refractivity contribution < 1.29 is 23.5 Å². The van der Waals surface area contributed by atoms with Gasteiger partial charge in [-0.2, -0.15) is 0 Å². The molecule has 0 saturated carbocycles. The number of amides is 3. The van der Waals surface area contributed by atoms with Crippen molar-refractivity contribution in [1.29, 1.82) is 0 Å². The van der Waals surface area contributed by atoms with Crippen molar-refractivity contribution in [1.82, 2.24) is 26.6 Å². The molecule has 0 spiro atoms. The van der Waals surface area contributed by atoms with E-state index in [2.05, 4.69) is 26.6 Å². The Morgan fingerprint density at radius 3 is 2.50 bits per heavy atom. The zero-order chi connectivity index (χ0) is 29.1. The van der Waals surface area contributed by atoms with Gasteiger partial charge in [0.05, 0.1) is 6.04 Å². The van der Waals surface area contributed by atoms with Crippen LogP contribution in [0, 0.1) is 11.7 Å². The van der Waals surface area contributed by atoms with E-state index in [0.717, 1.165) is 11.3 Å². The average Bonchev–Trinajstić information content (AvgIpc) is 2.91. The van der Waals surface area contributed by atoms with Gasteiger partial charge in [-0.05, 0) is 68.5 Å². The molecule has 0 fully saturated rings. The highest BCUT2D eigenvalue weighted by molar-refractivity contribution is 5.93. The Morgan fingerprint density at radius 2 is 1.77 bits per heavy atom. The lowest BCUT2D eigenvalue weighted by molar-refractivity contribution is -0.133. The highest BCUT2D eigenvalue weighted by Gasteiger charge is 2.31. The molecule has 0 aromatic heterocycles. The number of ether oxygens (including phenoxy) is 1. The maximum absolute atomic E-state index is 13.9. The number of benzene rings is 2. The molecule has 1 aliphatic rings. The number of rotatable bonds is 5. The van der Waals surface area contributed by atoms with E-state index < -0.39 is 29.9 Å². The van der Waals surface area contributed by atoms with E-state index in [0.29, 0.717) is 31.6 Å². The maximum atomic E-state index is 13.9. The minimum absolute atomic E-state index is 0.210. The van der Waals surface area contributed by atoms with Crippen LogP contribution in [0.1, 0.15) is 38.3 Å². The SMILES string of the molecule is CNC[C@@H]1NC(=O)[C@@H](C(C)C)NC(=O)[C@@H](Cc2cccc(F)c2)N[C@@H](C)COc2ccccc2CCCNC1=O. The van der Waals surface area contributed by atoms with Gasteiger partial charge in [-0.1, -0.05) is 44.2 Å². The minimum atomic E-state index is -0.881. The van der Waals surface area contributed by atoms with E-state index in [9.17, 15) is 18.8 Å². The van der Waals surface area contributed by atoms with Crippen LogP contribution in [0.2, 0.25) is 0 Å². The lowest BCUT2D eigenvalue weighted by Crippen LogP contribution is -2.60. The molecule has 0 radical (unpaired) electrons. The number of para-hydroxylation sites is 1. The monoisotopic (exact) mass is 555 g/mol. The zero-order valence-electron chi connectivity index (χ0n) is 23.8. The summed E-state index contributed by atoms with van der Waals surface area (Å²) in [6, 6.07) is 11.2. The smallest absolute Gasteiger partial charge is 0.243 e. The highest BCUT2D eigenvalue weighted by atomic mass is 19.1. The number of hydrogen-bond acceptors (Lipinski definition) is 6. The maximum Gasteiger partial charge on any atom is 0.243 e. The molecular formula is C30H42FN5O4. The Hall–Kier alpha value is -3.50. The normalized spacial score (nSPS) is 23.6. The summed E-state index contributed by atoms with van der Waals surface area (Å²) in [4.78, 5) is 39.8. The van der Waals surface area contributed by atoms with Gasteiger partial charge in [0.1, 0.15) is 30.3 Å². The van der Waals surface area contributed by atoms with Crippen LogP contribution in [0.25, 0.3) is 0 Å². The predicted molar refractivity (Wildman–Crippen MR) is 152 cm³/mol. The molecule has 1 aliphatic heterocycles. The first-order valence-corrected chi connectivity index (χ1v) is 13.9. The molecule has 3 rings (SSSR count). The van der Waals surface area contributed by atoms with Crippen molar-refractivity contribution in [2.45, 2.75) is 64.2 Å². The highest BCUT2D eigenvalue weighted by Crippen LogP contribution is 2.20. The van der Waals surface area contributed by atoms with Gasteiger partial charge in [-0.25, -0.2) is 4.39 Å². The molecule has 0 unspecified atom stereocenters. The van der Waals surface area contributed by atoms with Gasteiger partial charge in [-0.15, -0.1) is 0 Å². The number of likely N-dealkylation sites (N-methyl/N-ethyl adjacent to an activating group) is 1. The molecule has 2 aromatic rings. The van der Waals surface area contributed by atoms with E-state index in [1.807, 2.05) is 45.0 Å². The third-order valence-electron chi connectivity index (χ3n) is 6.80. The van der Waals surface area contributed by atoms with Crippen LogP contribution in [0.5, 0.6) is 5.75 Å². The molecule has 0 bridgehead atoms. The van der Waals surface area contributed by atoms with Crippen molar-refractivity contribution in [3.63, 3.8) is 0 Å². The summed E-state index contributed by atoms with van der Waals surface area (Å²) in [6.45, 7) is 6.53. The first-order valence-electron chi connectivity index (χ1n) is 13.9. The molecule has 10 heteroatoms. The van der Waals surface area contributed by atoms with Gasteiger partial charge in [0.15, 0.2) is 0 Å². The second-order valence-corrected chi connectivity index (χ2v) is 10.6. The number of fused-ring (bicyclic) bond motifs is 1.